The third-order valence-electron chi connectivity index (χ3n) is 5.87. The lowest BCUT2D eigenvalue weighted by Crippen LogP contribution is -2.22. The van der Waals surface area contributed by atoms with E-state index in [4.69, 9.17) is 4.74 Å². The molecule has 0 saturated heterocycles. The van der Waals surface area contributed by atoms with Crippen molar-refractivity contribution in [3.63, 3.8) is 0 Å². The largest absolute Gasteiger partial charge is 0.462 e. The second kappa shape index (κ2) is 15.7. The van der Waals surface area contributed by atoms with Crippen LogP contribution in [0.2, 0.25) is 0 Å². The molecule has 0 heterocycles. The summed E-state index contributed by atoms with van der Waals surface area (Å²) in [6, 6.07) is 0. The number of carbonyl (C=O) groups excluding carboxylic acids is 1. The third-order valence-corrected chi connectivity index (χ3v) is 5.87. The molecule has 0 amide bonds. The lowest BCUT2D eigenvalue weighted by Gasteiger charge is -2.19. The Morgan fingerprint density at radius 2 is 1.24 bits per heavy atom. The lowest BCUT2D eigenvalue weighted by atomic mass is 10.0. The van der Waals surface area contributed by atoms with Gasteiger partial charge in [-0.15, -0.1) is 0 Å². The molecule has 0 aliphatic heterocycles. The first kappa shape index (κ1) is 22.5. The molecule has 0 aromatic rings. The molecule has 2 nitrogen and oxygen atoms in total. The number of hydrogen-bond donors (Lipinski definition) is 0. The Balaban J connectivity index is 1.80. The van der Waals surface area contributed by atoms with Crippen LogP contribution in [0.25, 0.3) is 0 Å². The van der Waals surface area contributed by atoms with Gasteiger partial charge in [0.25, 0.3) is 0 Å². The van der Waals surface area contributed by atoms with Crippen molar-refractivity contribution >= 4 is 5.97 Å². The van der Waals surface area contributed by atoms with Gasteiger partial charge in [-0.25, -0.2) is 0 Å². The minimum absolute atomic E-state index is 0.0301. The van der Waals surface area contributed by atoms with E-state index in [0.717, 1.165) is 6.42 Å². The van der Waals surface area contributed by atoms with Gasteiger partial charge in [0.1, 0.15) is 6.10 Å². The summed E-state index contributed by atoms with van der Waals surface area (Å²) < 4.78 is 5.60. The zero-order valence-corrected chi connectivity index (χ0v) is 17.2. The van der Waals surface area contributed by atoms with Gasteiger partial charge < -0.3 is 4.74 Å². The fourth-order valence-corrected chi connectivity index (χ4v) is 4.08. The van der Waals surface area contributed by atoms with Crippen LogP contribution >= 0.6 is 0 Å². The molecule has 1 fully saturated rings. The Morgan fingerprint density at radius 1 is 0.800 bits per heavy atom. The van der Waals surface area contributed by atoms with Crippen molar-refractivity contribution < 1.29 is 9.53 Å². The highest BCUT2D eigenvalue weighted by Gasteiger charge is 2.24. The summed E-state index contributed by atoms with van der Waals surface area (Å²) in [6.45, 7) is 4.36. The van der Waals surface area contributed by atoms with Crippen LogP contribution in [0.15, 0.2) is 0 Å². The minimum atomic E-state index is 0.0301. The fourth-order valence-electron chi connectivity index (χ4n) is 4.08. The number of unbranched alkanes of at least 4 members (excludes halogenated alkanes) is 12. The quantitative estimate of drug-likeness (QED) is 0.211. The van der Waals surface area contributed by atoms with Gasteiger partial charge in [0.05, 0.1) is 0 Å². The molecule has 0 N–H and O–H groups in total. The first-order chi connectivity index (χ1) is 12.2. The SMILES string of the molecule is CCCCCCCCCCCCCCCC(=O)OC(C)C1CCCC1. The average Bonchev–Trinajstić information content (AvgIpc) is 3.13. The van der Waals surface area contributed by atoms with E-state index >= 15 is 0 Å². The molecule has 0 aromatic carbocycles. The van der Waals surface area contributed by atoms with Crippen molar-refractivity contribution in [2.75, 3.05) is 0 Å². The molecule has 1 unspecified atom stereocenters. The molecule has 0 bridgehead atoms. The molecule has 1 aliphatic rings. The number of rotatable bonds is 16. The lowest BCUT2D eigenvalue weighted by molar-refractivity contribution is -0.150. The molecule has 1 aliphatic carbocycles. The van der Waals surface area contributed by atoms with Crippen LogP contribution in [0.4, 0.5) is 0 Å². The van der Waals surface area contributed by atoms with E-state index in [0.29, 0.717) is 12.3 Å². The predicted molar refractivity (Wildman–Crippen MR) is 108 cm³/mol. The maximum atomic E-state index is 11.9. The average molecular weight is 353 g/mol. The topological polar surface area (TPSA) is 26.3 Å². The summed E-state index contributed by atoms with van der Waals surface area (Å²) in [5.74, 6) is 0.651. The molecular weight excluding hydrogens is 308 g/mol. The van der Waals surface area contributed by atoms with Crippen LogP contribution in [0.3, 0.4) is 0 Å². The van der Waals surface area contributed by atoms with E-state index in [2.05, 4.69) is 13.8 Å². The van der Waals surface area contributed by atoms with E-state index < -0.39 is 0 Å². The van der Waals surface area contributed by atoms with E-state index in [1.807, 2.05) is 0 Å². The maximum absolute atomic E-state index is 11.9. The highest BCUT2D eigenvalue weighted by atomic mass is 16.5. The summed E-state index contributed by atoms with van der Waals surface area (Å²) in [7, 11) is 0. The Hall–Kier alpha value is -0.530. The van der Waals surface area contributed by atoms with Crippen LogP contribution in [-0.4, -0.2) is 12.1 Å². The second-order valence-corrected chi connectivity index (χ2v) is 8.23. The van der Waals surface area contributed by atoms with Gasteiger partial charge in [0, 0.05) is 6.42 Å². The zero-order valence-electron chi connectivity index (χ0n) is 17.2. The molecule has 1 rings (SSSR count). The van der Waals surface area contributed by atoms with Crippen LogP contribution in [0.1, 0.15) is 129 Å². The standard InChI is InChI=1S/C23H44O2/c1-3-4-5-6-7-8-9-10-11-12-13-14-15-20-23(24)25-21(2)22-18-16-17-19-22/h21-22H,3-20H2,1-2H3. The first-order valence-corrected chi connectivity index (χ1v) is 11.4. The zero-order chi connectivity index (χ0) is 18.2. The molecule has 0 spiro atoms. The van der Waals surface area contributed by atoms with E-state index in [9.17, 15) is 4.79 Å². The van der Waals surface area contributed by atoms with Crippen molar-refractivity contribution in [1.29, 1.82) is 0 Å². The summed E-state index contributed by atoms with van der Waals surface area (Å²) in [5, 5.41) is 0. The van der Waals surface area contributed by atoms with Gasteiger partial charge in [0.15, 0.2) is 0 Å². The minimum Gasteiger partial charge on any atom is -0.462 e. The van der Waals surface area contributed by atoms with Crippen LogP contribution < -0.4 is 0 Å². The van der Waals surface area contributed by atoms with Crippen molar-refractivity contribution in [3.05, 3.63) is 0 Å². The molecule has 2 heteroatoms. The van der Waals surface area contributed by atoms with Crippen molar-refractivity contribution in [1.82, 2.24) is 0 Å². The summed E-state index contributed by atoms with van der Waals surface area (Å²) in [4.78, 5) is 11.9. The molecule has 25 heavy (non-hydrogen) atoms. The number of esters is 1. The monoisotopic (exact) mass is 352 g/mol. The summed E-state index contributed by atoms with van der Waals surface area (Å²) >= 11 is 0. The van der Waals surface area contributed by atoms with Gasteiger partial charge in [-0.3, -0.25) is 4.79 Å². The number of carbonyl (C=O) groups is 1. The van der Waals surface area contributed by atoms with Gasteiger partial charge in [-0.2, -0.15) is 0 Å². The van der Waals surface area contributed by atoms with Crippen molar-refractivity contribution in [2.24, 2.45) is 5.92 Å². The van der Waals surface area contributed by atoms with Crippen molar-refractivity contribution in [2.45, 2.75) is 136 Å². The van der Waals surface area contributed by atoms with E-state index in [1.54, 1.807) is 0 Å². The number of ether oxygens (including phenoxy) is 1. The molecule has 148 valence electrons. The fraction of sp³-hybridized carbons (Fsp3) is 0.957. The second-order valence-electron chi connectivity index (χ2n) is 8.23. The van der Waals surface area contributed by atoms with Crippen molar-refractivity contribution in [3.8, 4) is 0 Å². The normalized spacial score (nSPS) is 16.2. The van der Waals surface area contributed by atoms with Crippen LogP contribution in [0.5, 0.6) is 0 Å². The first-order valence-electron chi connectivity index (χ1n) is 11.4. The Kier molecular flexibility index (Phi) is 14.1. The Bertz CT molecular complexity index is 307. The Morgan fingerprint density at radius 3 is 1.72 bits per heavy atom. The van der Waals surface area contributed by atoms with Gasteiger partial charge in [-0.05, 0) is 32.1 Å². The smallest absolute Gasteiger partial charge is 0.306 e. The van der Waals surface area contributed by atoms with Gasteiger partial charge in [-0.1, -0.05) is 96.8 Å². The third kappa shape index (κ3) is 12.5. The Labute approximate surface area is 157 Å². The molecular formula is C23H44O2. The van der Waals surface area contributed by atoms with E-state index in [1.165, 1.54) is 103 Å². The predicted octanol–water partition coefficient (Wildman–Crippen LogP) is 7.59. The maximum Gasteiger partial charge on any atom is 0.306 e. The van der Waals surface area contributed by atoms with Gasteiger partial charge in [0.2, 0.25) is 0 Å². The van der Waals surface area contributed by atoms with Crippen LogP contribution in [0, 0.1) is 5.92 Å². The molecule has 0 radical (unpaired) electrons. The summed E-state index contributed by atoms with van der Waals surface area (Å²) in [5.41, 5.74) is 0. The molecule has 1 atom stereocenters. The molecule has 0 aromatic heterocycles. The summed E-state index contributed by atoms with van der Waals surface area (Å²) in [6.07, 6.45) is 23.3. The molecule has 1 saturated carbocycles. The van der Waals surface area contributed by atoms with Crippen LogP contribution in [-0.2, 0) is 9.53 Å². The number of hydrogen-bond acceptors (Lipinski definition) is 2. The van der Waals surface area contributed by atoms with E-state index in [-0.39, 0.29) is 12.1 Å². The van der Waals surface area contributed by atoms with Gasteiger partial charge >= 0.3 is 5.97 Å². The highest BCUT2D eigenvalue weighted by Crippen LogP contribution is 2.29. The highest BCUT2D eigenvalue weighted by molar-refractivity contribution is 5.69.